The average molecular weight is 335 g/mol. The maximum Gasteiger partial charge on any atom is 0.225 e. The quantitative estimate of drug-likeness (QED) is 0.906. The van der Waals surface area contributed by atoms with E-state index in [9.17, 15) is 14.0 Å². The number of hydrogen-bond acceptors (Lipinski definition) is 2. The Hall–Kier alpha value is -2.75. The van der Waals surface area contributed by atoms with E-state index in [1.165, 1.54) is 12.1 Å². The van der Waals surface area contributed by atoms with Crippen LogP contribution in [0.4, 0.5) is 4.39 Å². The Morgan fingerprint density at radius 2 is 1.64 bits per heavy atom. The van der Waals surface area contributed by atoms with Crippen LogP contribution in [0.25, 0.3) is 0 Å². The molecule has 1 heterocycles. The topological polar surface area (TPSA) is 46.2 Å². The van der Waals surface area contributed by atoms with Crippen molar-refractivity contribution < 1.29 is 14.0 Å². The number of carbonyl (C=O) groups excluding carboxylic acids is 2. The predicted molar refractivity (Wildman–Crippen MR) is 92.4 cm³/mol. The highest BCUT2D eigenvalue weighted by Crippen LogP contribution is 2.42. The fourth-order valence-electron chi connectivity index (χ4n) is 3.93. The van der Waals surface area contributed by atoms with Crippen molar-refractivity contribution in [2.45, 2.75) is 31.1 Å². The summed E-state index contributed by atoms with van der Waals surface area (Å²) in [6.07, 6.45) is 1.23. The first kappa shape index (κ1) is 15.8. The summed E-state index contributed by atoms with van der Waals surface area (Å²) in [7, 11) is 0. The van der Waals surface area contributed by atoms with Crippen molar-refractivity contribution in [3.63, 3.8) is 0 Å². The maximum atomic E-state index is 13.6. The van der Waals surface area contributed by atoms with Gasteiger partial charge in [-0.15, -0.1) is 0 Å². The smallest absolute Gasteiger partial charge is 0.225 e. The predicted octanol–water partition coefficient (Wildman–Crippen LogP) is 3.83. The normalized spacial score (nSPS) is 23.2. The fraction of sp³-hybridized carbons (Fsp3) is 0.238. The molecule has 1 amide bonds. The van der Waals surface area contributed by atoms with Gasteiger partial charge in [0.25, 0.3) is 0 Å². The number of nitrogens with one attached hydrogen (secondary N) is 1. The van der Waals surface area contributed by atoms with Crippen LogP contribution in [0, 0.1) is 5.82 Å². The summed E-state index contributed by atoms with van der Waals surface area (Å²) in [6, 6.07) is 16.1. The molecule has 0 spiro atoms. The van der Waals surface area contributed by atoms with Gasteiger partial charge in [-0.3, -0.25) is 9.59 Å². The summed E-state index contributed by atoms with van der Waals surface area (Å²) in [5.41, 5.74) is 3.14. The Bertz CT molecular complexity index is 872. The molecule has 0 radical (unpaired) electrons. The second-order valence-electron chi connectivity index (χ2n) is 6.69. The third-order valence-electron chi connectivity index (χ3n) is 5.06. The van der Waals surface area contributed by atoms with Crippen molar-refractivity contribution in [2.75, 3.05) is 0 Å². The van der Waals surface area contributed by atoms with E-state index in [0.717, 1.165) is 5.56 Å². The van der Waals surface area contributed by atoms with E-state index < -0.39 is 0 Å². The van der Waals surface area contributed by atoms with Crippen LogP contribution in [0.1, 0.15) is 42.2 Å². The zero-order valence-electron chi connectivity index (χ0n) is 13.7. The van der Waals surface area contributed by atoms with E-state index in [2.05, 4.69) is 5.32 Å². The van der Waals surface area contributed by atoms with Crippen LogP contribution in [0.2, 0.25) is 0 Å². The molecule has 0 fully saturated rings. The Kier molecular flexibility index (Phi) is 3.96. The van der Waals surface area contributed by atoms with Crippen LogP contribution in [-0.4, -0.2) is 11.7 Å². The Balaban J connectivity index is 1.73. The van der Waals surface area contributed by atoms with E-state index >= 15 is 0 Å². The summed E-state index contributed by atoms with van der Waals surface area (Å²) in [4.78, 5) is 25.1. The fourth-order valence-corrected chi connectivity index (χ4v) is 3.93. The number of rotatable bonds is 2. The SMILES string of the molecule is O=C1CC(c2cccc(F)c2)C2=C(CC(c3ccccc3)CC2=O)N1. The third-order valence-corrected chi connectivity index (χ3v) is 5.06. The molecule has 126 valence electrons. The number of carbonyl (C=O) groups is 2. The van der Waals surface area contributed by atoms with E-state index in [0.29, 0.717) is 29.7 Å². The van der Waals surface area contributed by atoms with Crippen LogP contribution >= 0.6 is 0 Å². The molecule has 2 aliphatic rings. The van der Waals surface area contributed by atoms with Gasteiger partial charge in [0.2, 0.25) is 5.91 Å². The van der Waals surface area contributed by atoms with Crippen molar-refractivity contribution in [1.82, 2.24) is 5.32 Å². The minimum absolute atomic E-state index is 0.0457. The highest BCUT2D eigenvalue weighted by molar-refractivity contribution is 6.02. The summed E-state index contributed by atoms with van der Waals surface area (Å²) in [6.45, 7) is 0. The molecule has 0 aromatic heterocycles. The van der Waals surface area contributed by atoms with Gasteiger partial charge < -0.3 is 5.32 Å². The van der Waals surface area contributed by atoms with Crippen LogP contribution in [-0.2, 0) is 9.59 Å². The first-order valence-electron chi connectivity index (χ1n) is 8.48. The monoisotopic (exact) mass is 335 g/mol. The highest BCUT2D eigenvalue weighted by Gasteiger charge is 2.38. The van der Waals surface area contributed by atoms with Crippen LogP contribution in [0.15, 0.2) is 65.9 Å². The molecule has 2 unspecified atom stereocenters. The standard InChI is InChI=1S/C21H18FNO2/c22-16-8-4-7-14(9-16)17-12-20(25)23-18-10-15(11-19(24)21(17)18)13-5-2-1-3-6-13/h1-9,15,17H,10-12H2,(H,23,25). The van der Waals surface area contributed by atoms with E-state index in [1.807, 2.05) is 30.3 Å². The second-order valence-corrected chi connectivity index (χ2v) is 6.69. The minimum Gasteiger partial charge on any atom is -0.329 e. The first-order valence-corrected chi connectivity index (χ1v) is 8.48. The molecule has 1 N–H and O–H groups in total. The Labute approximate surface area is 145 Å². The van der Waals surface area contributed by atoms with Crippen LogP contribution < -0.4 is 5.32 Å². The molecule has 1 aliphatic carbocycles. The maximum absolute atomic E-state index is 13.6. The molecule has 25 heavy (non-hydrogen) atoms. The Morgan fingerprint density at radius 1 is 0.880 bits per heavy atom. The minimum atomic E-state index is -0.358. The number of Topliss-reactive ketones (excluding diaryl/α,β-unsaturated/α-hetero) is 1. The molecule has 0 bridgehead atoms. The van der Waals surface area contributed by atoms with Crippen molar-refractivity contribution in [3.8, 4) is 0 Å². The molecule has 4 rings (SSSR count). The summed E-state index contributed by atoms with van der Waals surface area (Å²) >= 11 is 0. The first-order chi connectivity index (χ1) is 12.1. The molecule has 0 saturated carbocycles. The van der Waals surface area contributed by atoms with Crippen molar-refractivity contribution in [1.29, 1.82) is 0 Å². The number of ketones is 1. The van der Waals surface area contributed by atoms with Gasteiger partial charge in [-0.25, -0.2) is 4.39 Å². The van der Waals surface area contributed by atoms with Crippen LogP contribution in [0.5, 0.6) is 0 Å². The van der Waals surface area contributed by atoms with Gasteiger partial charge >= 0.3 is 0 Å². The number of allylic oxidation sites excluding steroid dienone is 2. The molecule has 2 aromatic rings. The lowest BCUT2D eigenvalue weighted by Crippen LogP contribution is -2.38. The molecular weight excluding hydrogens is 317 g/mol. The number of benzene rings is 2. The van der Waals surface area contributed by atoms with Gasteiger partial charge in [-0.1, -0.05) is 42.5 Å². The van der Waals surface area contributed by atoms with E-state index in [4.69, 9.17) is 0 Å². The summed E-state index contributed by atoms with van der Waals surface area (Å²) in [5, 5.41) is 2.89. The van der Waals surface area contributed by atoms with Gasteiger partial charge in [-0.2, -0.15) is 0 Å². The third kappa shape index (κ3) is 3.00. The van der Waals surface area contributed by atoms with E-state index in [1.54, 1.807) is 12.1 Å². The lowest BCUT2D eigenvalue weighted by Gasteiger charge is -2.34. The molecule has 4 heteroatoms. The molecule has 3 nitrogen and oxygen atoms in total. The van der Waals surface area contributed by atoms with E-state index in [-0.39, 0.29) is 35.8 Å². The summed E-state index contributed by atoms with van der Waals surface area (Å²) in [5.74, 6) is -0.711. The Morgan fingerprint density at radius 3 is 2.40 bits per heavy atom. The van der Waals surface area contributed by atoms with Gasteiger partial charge in [0.15, 0.2) is 5.78 Å². The van der Waals surface area contributed by atoms with Gasteiger partial charge in [0.1, 0.15) is 5.82 Å². The zero-order valence-corrected chi connectivity index (χ0v) is 13.7. The van der Waals surface area contributed by atoms with Gasteiger partial charge in [0, 0.05) is 30.0 Å². The van der Waals surface area contributed by atoms with Crippen LogP contribution in [0.3, 0.4) is 0 Å². The largest absolute Gasteiger partial charge is 0.329 e. The van der Waals surface area contributed by atoms with Crippen molar-refractivity contribution >= 4 is 11.7 Å². The van der Waals surface area contributed by atoms with Gasteiger partial charge in [-0.05, 0) is 35.6 Å². The molecule has 2 atom stereocenters. The zero-order chi connectivity index (χ0) is 17.4. The molecule has 1 aliphatic heterocycles. The highest BCUT2D eigenvalue weighted by atomic mass is 19.1. The second kappa shape index (κ2) is 6.28. The lowest BCUT2D eigenvalue weighted by atomic mass is 9.73. The number of hydrogen-bond donors (Lipinski definition) is 1. The van der Waals surface area contributed by atoms with Gasteiger partial charge in [0.05, 0.1) is 0 Å². The lowest BCUT2D eigenvalue weighted by molar-refractivity contribution is -0.122. The molecule has 2 aromatic carbocycles. The molecular formula is C21H18FNO2. The van der Waals surface area contributed by atoms with Crippen molar-refractivity contribution in [3.05, 3.63) is 82.8 Å². The van der Waals surface area contributed by atoms with Crippen molar-refractivity contribution in [2.24, 2.45) is 0 Å². The molecule has 0 saturated heterocycles. The number of halogens is 1. The average Bonchev–Trinajstić information content (AvgIpc) is 2.61. The number of amides is 1. The summed E-state index contributed by atoms with van der Waals surface area (Å²) < 4.78 is 13.6.